The molecule has 0 aromatic heterocycles. The van der Waals surface area contributed by atoms with Crippen LogP contribution in [0.4, 0.5) is 0 Å². The maximum Gasteiger partial charge on any atom is 0.310 e. The second-order valence-electron chi connectivity index (χ2n) is 4.74. The molecule has 0 saturated carbocycles. The van der Waals surface area contributed by atoms with Gasteiger partial charge in [0.2, 0.25) is 0 Å². The van der Waals surface area contributed by atoms with Gasteiger partial charge in [-0.2, -0.15) is 0 Å². The van der Waals surface area contributed by atoms with E-state index in [1.54, 1.807) is 17.0 Å². The number of carbonyl (C=O) groups is 2. The van der Waals surface area contributed by atoms with Crippen LogP contribution in [0.5, 0.6) is 0 Å². The molecule has 108 valence electrons. The lowest BCUT2D eigenvalue weighted by atomic mass is 9.97. The Balaban J connectivity index is 2.12. The van der Waals surface area contributed by atoms with Gasteiger partial charge in [0, 0.05) is 22.2 Å². The van der Waals surface area contributed by atoms with E-state index < -0.39 is 0 Å². The molecule has 1 atom stereocenters. The number of likely N-dealkylation sites (tertiary alicyclic amines) is 1. The zero-order chi connectivity index (χ0) is 14.7. The number of benzene rings is 1. The number of amides is 1. The van der Waals surface area contributed by atoms with E-state index in [2.05, 4.69) is 22.6 Å². The van der Waals surface area contributed by atoms with Crippen molar-refractivity contribution >= 4 is 46.1 Å². The number of methoxy groups -OCH3 is 1. The Morgan fingerprint density at radius 2 is 2.20 bits per heavy atom. The van der Waals surface area contributed by atoms with Crippen LogP contribution in [0.3, 0.4) is 0 Å². The van der Waals surface area contributed by atoms with E-state index in [1.165, 1.54) is 7.11 Å². The van der Waals surface area contributed by atoms with Gasteiger partial charge in [0.15, 0.2) is 0 Å². The smallest absolute Gasteiger partial charge is 0.310 e. The van der Waals surface area contributed by atoms with E-state index in [0.717, 1.165) is 16.4 Å². The minimum absolute atomic E-state index is 0.0862. The number of hydrogen-bond acceptors (Lipinski definition) is 3. The van der Waals surface area contributed by atoms with Crippen LogP contribution >= 0.6 is 34.2 Å². The zero-order valence-electron chi connectivity index (χ0n) is 11.1. The average molecular weight is 408 g/mol. The van der Waals surface area contributed by atoms with Gasteiger partial charge in [-0.15, -0.1) is 0 Å². The lowest BCUT2D eigenvalue weighted by Crippen LogP contribution is -2.42. The highest BCUT2D eigenvalue weighted by Gasteiger charge is 2.29. The molecule has 1 aromatic rings. The number of nitrogens with zero attached hydrogens (tertiary/aromatic N) is 1. The summed E-state index contributed by atoms with van der Waals surface area (Å²) in [5.74, 6) is -0.558. The molecule has 1 aliphatic heterocycles. The molecular weight excluding hydrogens is 393 g/mol. The predicted molar refractivity (Wildman–Crippen MR) is 84.8 cm³/mol. The minimum Gasteiger partial charge on any atom is -0.469 e. The average Bonchev–Trinajstić information content (AvgIpc) is 2.48. The van der Waals surface area contributed by atoms with Crippen molar-refractivity contribution in [2.75, 3.05) is 20.2 Å². The van der Waals surface area contributed by atoms with Crippen molar-refractivity contribution in [1.82, 2.24) is 4.90 Å². The van der Waals surface area contributed by atoms with Crippen LogP contribution in [-0.2, 0) is 9.53 Å². The number of piperidine rings is 1. The highest BCUT2D eigenvalue weighted by atomic mass is 127. The van der Waals surface area contributed by atoms with Crippen molar-refractivity contribution in [3.05, 3.63) is 32.4 Å². The molecule has 1 aliphatic rings. The Morgan fingerprint density at radius 3 is 2.85 bits per heavy atom. The fraction of sp³-hybridized carbons (Fsp3) is 0.429. The van der Waals surface area contributed by atoms with Crippen LogP contribution < -0.4 is 0 Å². The molecule has 0 aliphatic carbocycles. The highest BCUT2D eigenvalue weighted by molar-refractivity contribution is 14.1. The van der Waals surface area contributed by atoms with Gasteiger partial charge >= 0.3 is 5.97 Å². The van der Waals surface area contributed by atoms with Gasteiger partial charge in [-0.05, 0) is 53.6 Å². The Bertz CT molecular complexity index is 535. The van der Waals surface area contributed by atoms with Crippen molar-refractivity contribution in [2.24, 2.45) is 5.92 Å². The second-order valence-corrected chi connectivity index (χ2v) is 6.31. The van der Waals surface area contributed by atoms with E-state index in [0.29, 0.717) is 23.7 Å². The minimum atomic E-state index is -0.247. The fourth-order valence-corrected chi connectivity index (χ4v) is 2.85. The molecule has 1 aromatic carbocycles. The van der Waals surface area contributed by atoms with Gasteiger partial charge in [0.1, 0.15) is 0 Å². The fourth-order valence-electron chi connectivity index (χ4n) is 2.33. The third-order valence-electron chi connectivity index (χ3n) is 3.41. The Kier molecular flexibility index (Phi) is 5.26. The van der Waals surface area contributed by atoms with Gasteiger partial charge in [-0.1, -0.05) is 11.6 Å². The molecule has 1 heterocycles. The summed E-state index contributed by atoms with van der Waals surface area (Å²) < 4.78 is 5.67. The topological polar surface area (TPSA) is 46.6 Å². The summed E-state index contributed by atoms with van der Waals surface area (Å²) in [5, 5.41) is 0.568. The molecule has 4 nitrogen and oxygen atoms in total. The molecule has 0 radical (unpaired) electrons. The molecule has 1 fully saturated rings. The number of carbonyl (C=O) groups excluding carboxylic acids is 2. The molecule has 1 amide bonds. The molecule has 1 saturated heterocycles. The van der Waals surface area contributed by atoms with Crippen LogP contribution in [0.25, 0.3) is 0 Å². The molecule has 0 spiro atoms. The van der Waals surface area contributed by atoms with Gasteiger partial charge in [-0.3, -0.25) is 9.59 Å². The number of halogens is 2. The van der Waals surface area contributed by atoms with Gasteiger partial charge < -0.3 is 9.64 Å². The van der Waals surface area contributed by atoms with Crippen molar-refractivity contribution in [3.63, 3.8) is 0 Å². The molecule has 0 bridgehead atoms. The van der Waals surface area contributed by atoms with Crippen LogP contribution in [0.2, 0.25) is 5.02 Å². The molecule has 0 N–H and O–H groups in total. The van der Waals surface area contributed by atoms with E-state index in [-0.39, 0.29) is 17.8 Å². The van der Waals surface area contributed by atoms with Gasteiger partial charge in [-0.25, -0.2) is 0 Å². The molecular formula is C14H15ClINO3. The summed E-state index contributed by atoms with van der Waals surface area (Å²) in [6.45, 7) is 1.07. The summed E-state index contributed by atoms with van der Waals surface area (Å²) in [5.41, 5.74) is 0.556. The van der Waals surface area contributed by atoms with Gasteiger partial charge in [0.05, 0.1) is 18.1 Å². The van der Waals surface area contributed by atoms with E-state index >= 15 is 0 Å². The number of hydrogen-bond donors (Lipinski definition) is 0. The van der Waals surface area contributed by atoms with Crippen LogP contribution in [0.1, 0.15) is 23.2 Å². The van der Waals surface area contributed by atoms with E-state index in [9.17, 15) is 9.59 Å². The summed E-state index contributed by atoms with van der Waals surface area (Å²) in [6.07, 6.45) is 1.58. The summed E-state index contributed by atoms with van der Waals surface area (Å²) in [6, 6.07) is 5.25. The predicted octanol–water partition coefficient (Wildman–Crippen LogP) is 2.97. The van der Waals surface area contributed by atoms with Crippen molar-refractivity contribution < 1.29 is 14.3 Å². The summed E-state index contributed by atoms with van der Waals surface area (Å²) >= 11 is 8.16. The van der Waals surface area contributed by atoms with Crippen molar-refractivity contribution in [1.29, 1.82) is 0 Å². The first-order valence-corrected chi connectivity index (χ1v) is 7.80. The maximum atomic E-state index is 12.4. The molecule has 0 unspecified atom stereocenters. The SMILES string of the molecule is COC(=O)[C@H]1CCCN(C(=O)c2ccc(I)c(Cl)c2)C1. The lowest BCUT2D eigenvalue weighted by molar-refractivity contribution is -0.146. The first-order valence-electron chi connectivity index (χ1n) is 6.35. The highest BCUT2D eigenvalue weighted by Crippen LogP contribution is 2.23. The zero-order valence-corrected chi connectivity index (χ0v) is 14.0. The van der Waals surface area contributed by atoms with E-state index in [1.807, 2.05) is 6.07 Å². The van der Waals surface area contributed by atoms with Crippen LogP contribution in [0.15, 0.2) is 18.2 Å². The van der Waals surface area contributed by atoms with Crippen LogP contribution in [-0.4, -0.2) is 37.0 Å². The van der Waals surface area contributed by atoms with Crippen molar-refractivity contribution in [2.45, 2.75) is 12.8 Å². The number of rotatable bonds is 2. The molecule has 20 heavy (non-hydrogen) atoms. The standard InChI is InChI=1S/C14H15ClINO3/c1-20-14(19)10-3-2-6-17(8-10)13(18)9-4-5-12(16)11(15)7-9/h4-5,7,10H,2-3,6,8H2,1H3/t10-/m0/s1. The van der Waals surface area contributed by atoms with Crippen molar-refractivity contribution in [3.8, 4) is 0 Å². The summed E-state index contributed by atoms with van der Waals surface area (Å²) in [4.78, 5) is 25.7. The van der Waals surface area contributed by atoms with Gasteiger partial charge in [0.25, 0.3) is 5.91 Å². The Hall–Kier alpha value is -0.820. The Labute approximate surface area is 136 Å². The largest absolute Gasteiger partial charge is 0.469 e. The third-order valence-corrected chi connectivity index (χ3v) is 4.98. The first kappa shape index (κ1) is 15.6. The van der Waals surface area contributed by atoms with E-state index in [4.69, 9.17) is 16.3 Å². The maximum absolute atomic E-state index is 12.4. The molecule has 6 heteroatoms. The first-order chi connectivity index (χ1) is 9.52. The number of esters is 1. The number of ether oxygens (including phenoxy) is 1. The molecule has 2 rings (SSSR count). The monoisotopic (exact) mass is 407 g/mol. The summed E-state index contributed by atoms with van der Waals surface area (Å²) in [7, 11) is 1.38. The third kappa shape index (κ3) is 3.44. The lowest BCUT2D eigenvalue weighted by Gasteiger charge is -2.31. The normalized spacial score (nSPS) is 18.8. The Morgan fingerprint density at radius 1 is 1.45 bits per heavy atom. The van der Waals surface area contributed by atoms with Crippen LogP contribution in [0, 0.1) is 9.49 Å². The quantitative estimate of drug-likeness (QED) is 0.559. The second kappa shape index (κ2) is 6.76.